The minimum absolute atomic E-state index is 0.423. The summed E-state index contributed by atoms with van der Waals surface area (Å²) in [4.78, 5) is 4.48. The third kappa shape index (κ3) is 3.55. The number of ether oxygens (including phenoxy) is 2. The highest BCUT2D eigenvalue weighted by Crippen LogP contribution is 2.22. The first-order valence-electron chi connectivity index (χ1n) is 7.04. The average molecular weight is 308 g/mol. The smallest absolute Gasteiger partial charge is 0.247 e. The second-order valence-electron chi connectivity index (χ2n) is 4.75. The van der Waals surface area contributed by atoms with Crippen LogP contribution in [0.15, 0.2) is 54.7 Å². The van der Waals surface area contributed by atoms with Gasteiger partial charge >= 0.3 is 0 Å². The number of methoxy groups -OCH3 is 2. The van der Waals surface area contributed by atoms with E-state index in [0.717, 1.165) is 28.4 Å². The molecule has 0 amide bonds. The van der Waals surface area contributed by atoms with Crippen molar-refractivity contribution in [3.8, 4) is 22.8 Å². The van der Waals surface area contributed by atoms with Gasteiger partial charge in [0.2, 0.25) is 5.95 Å². The van der Waals surface area contributed by atoms with Crippen molar-refractivity contribution in [2.75, 3.05) is 19.5 Å². The fourth-order valence-corrected chi connectivity index (χ4v) is 2.09. The predicted molar refractivity (Wildman–Crippen MR) is 88.1 cm³/mol. The van der Waals surface area contributed by atoms with Gasteiger partial charge in [-0.25, -0.2) is 4.98 Å². The Morgan fingerprint density at radius 3 is 2.43 bits per heavy atom. The third-order valence-electron chi connectivity index (χ3n) is 3.27. The highest BCUT2D eigenvalue weighted by atomic mass is 16.5. The van der Waals surface area contributed by atoms with E-state index in [1.165, 1.54) is 0 Å². The number of nitrogens with one attached hydrogen (secondary N) is 1. The highest BCUT2D eigenvalue weighted by molar-refractivity contribution is 5.62. The van der Waals surface area contributed by atoms with Gasteiger partial charge in [0.25, 0.3) is 0 Å². The second kappa shape index (κ2) is 6.74. The van der Waals surface area contributed by atoms with Gasteiger partial charge in [0.15, 0.2) is 0 Å². The molecule has 0 saturated heterocycles. The Kier molecular flexibility index (Phi) is 4.33. The normalized spacial score (nSPS) is 10.2. The van der Waals surface area contributed by atoms with E-state index >= 15 is 0 Å². The summed E-state index contributed by atoms with van der Waals surface area (Å²) in [5.41, 5.74) is 2.50. The number of nitrogens with zero attached hydrogens (tertiary/aromatic N) is 3. The zero-order valence-electron chi connectivity index (χ0n) is 12.9. The van der Waals surface area contributed by atoms with E-state index in [4.69, 9.17) is 9.47 Å². The van der Waals surface area contributed by atoms with E-state index in [9.17, 15) is 0 Å². The number of benzene rings is 2. The van der Waals surface area contributed by atoms with Crippen molar-refractivity contribution in [3.63, 3.8) is 0 Å². The molecule has 6 nitrogen and oxygen atoms in total. The van der Waals surface area contributed by atoms with Gasteiger partial charge in [0, 0.05) is 17.3 Å². The Labute approximate surface area is 134 Å². The summed E-state index contributed by atoms with van der Waals surface area (Å²) in [5, 5.41) is 11.1. The molecule has 3 aromatic rings. The van der Waals surface area contributed by atoms with Crippen LogP contribution in [0.3, 0.4) is 0 Å². The Bertz CT molecular complexity index is 791. The second-order valence-corrected chi connectivity index (χ2v) is 4.75. The van der Waals surface area contributed by atoms with Crippen LogP contribution in [-0.2, 0) is 0 Å². The van der Waals surface area contributed by atoms with Crippen LogP contribution in [0.1, 0.15) is 0 Å². The third-order valence-corrected chi connectivity index (χ3v) is 3.27. The molecule has 0 aliphatic carbocycles. The molecule has 23 heavy (non-hydrogen) atoms. The molecule has 0 spiro atoms. The van der Waals surface area contributed by atoms with Gasteiger partial charge < -0.3 is 14.8 Å². The van der Waals surface area contributed by atoms with Crippen LogP contribution in [-0.4, -0.2) is 29.4 Å². The largest absolute Gasteiger partial charge is 0.497 e. The monoisotopic (exact) mass is 308 g/mol. The minimum Gasteiger partial charge on any atom is -0.497 e. The van der Waals surface area contributed by atoms with Crippen molar-refractivity contribution in [3.05, 3.63) is 54.7 Å². The molecule has 0 atom stereocenters. The van der Waals surface area contributed by atoms with Crippen molar-refractivity contribution < 1.29 is 9.47 Å². The summed E-state index contributed by atoms with van der Waals surface area (Å²) in [7, 11) is 3.26. The van der Waals surface area contributed by atoms with E-state index in [2.05, 4.69) is 20.5 Å². The molecule has 3 rings (SSSR count). The predicted octanol–water partition coefficient (Wildman–Crippen LogP) is 3.30. The molecule has 0 saturated carbocycles. The molecule has 0 aliphatic rings. The standard InChI is InChI=1S/C17H16N4O2/c1-22-14-8-6-12(7-9-14)16-11-18-21-17(20-16)19-13-4-3-5-15(10-13)23-2/h3-11H,1-2H3,(H,19,20,21). The lowest BCUT2D eigenvalue weighted by Gasteiger charge is -2.07. The lowest BCUT2D eigenvalue weighted by Crippen LogP contribution is -2.00. The van der Waals surface area contributed by atoms with Gasteiger partial charge in [0.1, 0.15) is 11.5 Å². The minimum atomic E-state index is 0.423. The first kappa shape index (κ1) is 14.8. The van der Waals surface area contributed by atoms with Crippen LogP contribution < -0.4 is 14.8 Å². The van der Waals surface area contributed by atoms with Crippen molar-refractivity contribution in [2.24, 2.45) is 0 Å². The maximum Gasteiger partial charge on any atom is 0.247 e. The molecule has 0 unspecified atom stereocenters. The van der Waals surface area contributed by atoms with Gasteiger partial charge in [-0.15, -0.1) is 5.10 Å². The van der Waals surface area contributed by atoms with Crippen LogP contribution in [0.5, 0.6) is 11.5 Å². The van der Waals surface area contributed by atoms with Crippen molar-refractivity contribution >= 4 is 11.6 Å². The van der Waals surface area contributed by atoms with E-state index in [-0.39, 0.29) is 0 Å². The molecule has 0 aliphatic heterocycles. The average Bonchev–Trinajstić information content (AvgIpc) is 2.62. The molecule has 6 heteroatoms. The maximum absolute atomic E-state index is 5.20. The van der Waals surface area contributed by atoms with E-state index < -0.39 is 0 Å². The fraction of sp³-hybridized carbons (Fsp3) is 0.118. The first-order valence-corrected chi connectivity index (χ1v) is 7.04. The number of hydrogen-bond acceptors (Lipinski definition) is 6. The lowest BCUT2D eigenvalue weighted by atomic mass is 10.1. The summed E-state index contributed by atoms with van der Waals surface area (Å²) in [6, 6.07) is 15.2. The van der Waals surface area contributed by atoms with E-state index in [1.807, 2.05) is 48.5 Å². The van der Waals surface area contributed by atoms with Gasteiger partial charge in [-0.1, -0.05) is 6.07 Å². The zero-order valence-corrected chi connectivity index (χ0v) is 12.9. The van der Waals surface area contributed by atoms with Gasteiger partial charge in [-0.3, -0.25) is 0 Å². The Balaban J connectivity index is 1.84. The summed E-state index contributed by atoms with van der Waals surface area (Å²) in [6.45, 7) is 0. The van der Waals surface area contributed by atoms with Crippen molar-refractivity contribution in [2.45, 2.75) is 0 Å². The SMILES string of the molecule is COc1ccc(-c2cnnc(Nc3cccc(OC)c3)n2)cc1. The number of aromatic nitrogens is 3. The summed E-state index contributed by atoms with van der Waals surface area (Å²) < 4.78 is 10.4. The van der Waals surface area contributed by atoms with Crippen LogP contribution in [0.4, 0.5) is 11.6 Å². The molecule has 0 bridgehead atoms. The molecule has 0 fully saturated rings. The van der Waals surface area contributed by atoms with E-state index in [1.54, 1.807) is 20.4 Å². The first-order chi connectivity index (χ1) is 11.3. The molecular weight excluding hydrogens is 292 g/mol. The Morgan fingerprint density at radius 2 is 1.70 bits per heavy atom. The van der Waals surface area contributed by atoms with Crippen LogP contribution >= 0.6 is 0 Å². The lowest BCUT2D eigenvalue weighted by molar-refractivity contribution is 0.415. The summed E-state index contributed by atoms with van der Waals surface area (Å²) in [6.07, 6.45) is 1.62. The molecule has 116 valence electrons. The van der Waals surface area contributed by atoms with Crippen LogP contribution in [0.25, 0.3) is 11.3 Å². The number of hydrogen-bond donors (Lipinski definition) is 1. The van der Waals surface area contributed by atoms with Crippen molar-refractivity contribution in [1.82, 2.24) is 15.2 Å². The zero-order chi connectivity index (χ0) is 16.1. The fourth-order valence-electron chi connectivity index (χ4n) is 2.09. The van der Waals surface area contributed by atoms with Gasteiger partial charge in [-0.2, -0.15) is 5.10 Å². The van der Waals surface area contributed by atoms with E-state index in [0.29, 0.717) is 5.95 Å². The molecule has 1 N–H and O–H groups in total. The van der Waals surface area contributed by atoms with Crippen LogP contribution in [0.2, 0.25) is 0 Å². The molecular formula is C17H16N4O2. The topological polar surface area (TPSA) is 69.2 Å². The highest BCUT2D eigenvalue weighted by Gasteiger charge is 2.05. The molecule has 1 heterocycles. The molecule has 0 radical (unpaired) electrons. The van der Waals surface area contributed by atoms with Crippen LogP contribution in [0, 0.1) is 0 Å². The number of anilines is 2. The molecule has 2 aromatic carbocycles. The quantitative estimate of drug-likeness (QED) is 0.780. The summed E-state index contributed by atoms with van der Waals surface area (Å²) in [5.74, 6) is 1.98. The molecule has 1 aromatic heterocycles. The summed E-state index contributed by atoms with van der Waals surface area (Å²) >= 11 is 0. The van der Waals surface area contributed by atoms with Crippen molar-refractivity contribution in [1.29, 1.82) is 0 Å². The maximum atomic E-state index is 5.20. The Morgan fingerprint density at radius 1 is 0.913 bits per heavy atom. The van der Waals surface area contributed by atoms with Gasteiger partial charge in [-0.05, 0) is 36.4 Å². The Hall–Kier alpha value is -3.15. The van der Waals surface area contributed by atoms with Gasteiger partial charge in [0.05, 0.1) is 26.1 Å². The number of rotatable bonds is 5.